The van der Waals surface area contributed by atoms with E-state index in [4.69, 9.17) is 4.52 Å². The summed E-state index contributed by atoms with van der Waals surface area (Å²) >= 11 is 0. The highest BCUT2D eigenvalue weighted by Gasteiger charge is 2.46. The van der Waals surface area contributed by atoms with Crippen molar-refractivity contribution in [3.63, 3.8) is 0 Å². The highest BCUT2D eigenvalue weighted by atomic mass is 16.5. The van der Waals surface area contributed by atoms with Crippen LogP contribution in [0.2, 0.25) is 0 Å². The average molecular weight is 389 g/mol. The fourth-order valence-electron chi connectivity index (χ4n) is 4.24. The first-order valence-electron chi connectivity index (χ1n) is 10.1. The minimum Gasteiger partial charge on any atom is -0.478 e. The van der Waals surface area contributed by atoms with E-state index in [1.54, 1.807) is 24.3 Å². The Bertz CT molecular complexity index is 1030. The van der Waals surface area contributed by atoms with Crippen molar-refractivity contribution >= 4 is 5.97 Å². The first-order valence-corrected chi connectivity index (χ1v) is 10.1. The Balaban J connectivity index is 1.29. The number of aromatic carboxylic acids is 1. The van der Waals surface area contributed by atoms with Crippen molar-refractivity contribution in [3.05, 3.63) is 71.5 Å². The number of carboxylic acid groups (broad SMARTS) is 1. The summed E-state index contributed by atoms with van der Waals surface area (Å²) in [5.41, 5.74) is 2.16. The molecule has 1 aromatic heterocycles. The molecule has 0 aliphatic heterocycles. The molecule has 29 heavy (non-hydrogen) atoms. The Hall–Kier alpha value is -2.99. The smallest absolute Gasteiger partial charge is 0.335 e. The molecule has 2 atom stereocenters. The number of carbonyl (C=O) groups is 1. The Morgan fingerprint density at radius 3 is 2.72 bits per heavy atom. The van der Waals surface area contributed by atoms with Crippen LogP contribution in [0.4, 0.5) is 0 Å². The van der Waals surface area contributed by atoms with E-state index < -0.39 is 5.97 Å². The number of nitrogens with one attached hydrogen (secondary N) is 1. The molecule has 0 bridgehead atoms. The summed E-state index contributed by atoms with van der Waals surface area (Å²) in [7, 11) is 0. The normalized spacial score (nSPS) is 22.1. The molecule has 0 spiro atoms. The summed E-state index contributed by atoms with van der Waals surface area (Å²) in [5.74, 6) is 0.725. The highest BCUT2D eigenvalue weighted by molar-refractivity contribution is 5.88. The van der Waals surface area contributed by atoms with E-state index in [1.807, 2.05) is 0 Å². The minimum atomic E-state index is -0.969. The van der Waals surface area contributed by atoms with Gasteiger partial charge in [0.15, 0.2) is 5.82 Å². The lowest BCUT2D eigenvalue weighted by atomic mass is 9.68. The summed E-state index contributed by atoms with van der Waals surface area (Å²) in [5, 5.41) is 17.2. The standard InChI is InChI=1S/C23H23N3O3/c27-21(28)17-9-4-8-16(12-17)20-25-22(26-29-20)23(10-5-11-23)14-24-19-13-18(19)15-6-2-1-3-7-15/h1-4,6-9,12,18-19,24H,5,10-11,13-14H2,(H,27,28)/t18?,19-/m0/s1. The van der Waals surface area contributed by atoms with E-state index in [-0.39, 0.29) is 11.0 Å². The minimum absolute atomic E-state index is 0.0873. The molecular formula is C23H23N3O3. The van der Waals surface area contributed by atoms with Crippen LogP contribution in [0.5, 0.6) is 0 Å². The van der Waals surface area contributed by atoms with Crippen LogP contribution in [0.1, 0.15) is 53.3 Å². The van der Waals surface area contributed by atoms with Crippen LogP contribution in [0, 0.1) is 0 Å². The van der Waals surface area contributed by atoms with E-state index in [0.29, 0.717) is 23.4 Å². The van der Waals surface area contributed by atoms with Gasteiger partial charge in [-0.3, -0.25) is 0 Å². The van der Waals surface area contributed by atoms with Crippen molar-refractivity contribution in [1.29, 1.82) is 0 Å². The number of rotatable bonds is 7. The van der Waals surface area contributed by atoms with Gasteiger partial charge in [0.05, 0.1) is 5.56 Å². The van der Waals surface area contributed by atoms with Gasteiger partial charge in [-0.1, -0.05) is 48.0 Å². The quantitative estimate of drug-likeness (QED) is 0.635. The van der Waals surface area contributed by atoms with E-state index in [9.17, 15) is 9.90 Å². The Labute approximate surface area is 169 Å². The second-order valence-electron chi connectivity index (χ2n) is 8.18. The molecule has 2 N–H and O–H groups in total. The fourth-order valence-corrected chi connectivity index (χ4v) is 4.24. The van der Waals surface area contributed by atoms with E-state index >= 15 is 0 Å². The van der Waals surface area contributed by atoms with Crippen LogP contribution in [-0.2, 0) is 5.41 Å². The molecule has 0 saturated heterocycles. The zero-order valence-corrected chi connectivity index (χ0v) is 16.0. The molecule has 3 aromatic rings. The fraction of sp³-hybridized carbons (Fsp3) is 0.348. The van der Waals surface area contributed by atoms with Gasteiger partial charge in [0.25, 0.3) is 5.89 Å². The molecule has 148 valence electrons. The van der Waals surface area contributed by atoms with Crippen LogP contribution in [0.3, 0.4) is 0 Å². The molecule has 2 aliphatic carbocycles. The van der Waals surface area contributed by atoms with Gasteiger partial charge in [-0.25, -0.2) is 4.79 Å². The number of benzene rings is 2. The number of hydrogen-bond donors (Lipinski definition) is 2. The Kier molecular flexibility index (Phi) is 4.43. The molecule has 2 aromatic carbocycles. The highest BCUT2D eigenvalue weighted by Crippen LogP contribution is 2.45. The maximum absolute atomic E-state index is 11.2. The number of hydrogen-bond acceptors (Lipinski definition) is 5. The second-order valence-corrected chi connectivity index (χ2v) is 8.18. The second kappa shape index (κ2) is 7.12. The topological polar surface area (TPSA) is 88.2 Å². The largest absolute Gasteiger partial charge is 0.478 e. The van der Waals surface area contributed by atoms with Gasteiger partial charge < -0.3 is 14.9 Å². The molecule has 1 heterocycles. The van der Waals surface area contributed by atoms with Gasteiger partial charge in [-0.05, 0) is 43.0 Å². The van der Waals surface area contributed by atoms with Crippen molar-refractivity contribution < 1.29 is 14.4 Å². The molecular weight excluding hydrogens is 366 g/mol. The monoisotopic (exact) mass is 389 g/mol. The molecule has 2 saturated carbocycles. The third-order valence-electron chi connectivity index (χ3n) is 6.29. The number of aromatic nitrogens is 2. The summed E-state index contributed by atoms with van der Waals surface area (Å²) < 4.78 is 5.50. The van der Waals surface area contributed by atoms with Crippen molar-refractivity contribution in [2.24, 2.45) is 0 Å². The van der Waals surface area contributed by atoms with Gasteiger partial charge in [-0.2, -0.15) is 4.98 Å². The van der Waals surface area contributed by atoms with E-state index in [0.717, 1.165) is 31.6 Å². The molecule has 5 rings (SSSR count). The summed E-state index contributed by atoms with van der Waals surface area (Å²) in [6.07, 6.45) is 4.40. The third kappa shape index (κ3) is 3.44. The zero-order chi connectivity index (χ0) is 19.8. The summed E-state index contributed by atoms with van der Waals surface area (Å²) in [4.78, 5) is 15.9. The summed E-state index contributed by atoms with van der Waals surface area (Å²) in [6, 6.07) is 17.8. The van der Waals surface area contributed by atoms with Gasteiger partial charge in [0.1, 0.15) is 0 Å². The number of carboxylic acids is 1. The lowest BCUT2D eigenvalue weighted by molar-refractivity contribution is 0.0697. The molecule has 6 nitrogen and oxygen atoms in total. The first kappa shape index (κ1) is 18.1. The van der Waals surface area contributed by atoms with Gasteiger partial charge in [0, 0.05) is 29.5 Å². The summed E-state index contributed by atoms with van der Waals surface area (Å²) in [6.45, 7) is 0.842. The van der Waals surface area contributed by atoms with Crippen molar-refractivity contribution in [3.8, 4) is 11.5 Å². The van der Waals surface area contributed by atoms with Crippen molar-refractivity contribution in [2.75, 3.05) is 6.54 Å². The van der Waals surface area contributed by atoms with E-state index in [1.165, 1.54) is 12.0 Å². The zero-order valence-electron chi connectivity index (χ0n) is 16.0. The number of nitrogens with zero attached hydrogens (tertiary/aromatic N) is 2. The molecule has 0 amide bonds. The van der Waals surface area contributed by atoms with Crippen LogP contribution >= 0.6 is 0 Å². The third-order valence-corrected chi connectivity index (χ3v) is 6.29. The van der Waals surface area contributed by atoms with Crippen LogP contribution in [-0.4, -0.2) is 33.8 Å². The van der Waals surface area contributed by atoms with Crippen molar-refractivity contribution in [2.45, 2.75) is 43.1 Å². The lowest BCUT2D eigenvalue weighted by Gasteiger charge is -2.39. The van der Waals surface area contributed by atoms with Crippen LogP contribution in [0.25, 0.3) is 11.5 Å². The molecule has 6 heteroatoms. The van der Waals surface area contributed by atoms with Crippen LogP contribution in [0.15, 0.2) is 59.1 Å². The molecule has 2 fully saturated rings. The lowest BCUT2D eigenvalue weighted by Crippen LogP contribution is -2.45. The maximum Gasteiger partial charge on any atom is 0.335 e. The molecule has 2 aliphatic rings. The van der Waals surface area contributed by atoms with Crippen LogP contribution < -0.4 is 5.32 Å². The van der Waals surface area contributed by atoms with Gasteiger partial charge in [0.2, 0.25) is 0 Å². The van der Waals surface area contributed by atoms with Gasteiger partial charge in [-0.15, -0.1) is 0 Å². The maximum atomic E-state index is 11.2. The Morgan fingerprint density at radius 1 is 1.17 bits per heavy atom. The average Bonchev–Trinajstić information content (AvgIpc) is 3.33. The first-order chi connectivity index (χ1) is 14.1. The van der Waals surface area contributed by atoms with Crippen molar-refractivity contribution in [1.82, 2.24) is 15.5 Å². The van der Waals surface area contributed by atoms with Gasteiger partial charge >= 0.3 is 5.97 Å². The SMILES string of the molecule is O=C(O)c1cccc(-c2nc(C3(CN[C@H]4CC4c4ccccc4)CCC3)no2)c1. The Morgan fingerprint density at radius 2 is 2.00 bits per heavy atom. The molecule has 0 radical (unpaired) electrons. The predicted molar refractivity (Wildman–Crippen MR) is 108 cm³/mol. The predicted octanol–water partition coefficient (Wildman–Crippen LogP) is 4.00. The molecule has 1 unspecified atom stereocenters. The van der Waals surface area contributed by atoms with E-state index in [2.05, 4.69) is 45.8 Å².